The van der Waals surface area contributed by atoms with Gasteiger partial charge in [-0.25, -0.2) is 0 Å². The second-order valence-electron chi connectivity index (χ2n) is 10.5. The molecule has 0 heterocycles. The summed E-state index contributed by atoms with van der Waals surface area (Å²) >= 11 is 0. The average molecular weight is 389 g/mol. The Morgan fingerprint density at radius 2 is 1.75 bits per heavy atom. The van der Waals surface area contributed by atoms with Gasteiger partial charge in [-0.15, -0.1) is 0 Å². The summed E-state index contributed by atoms with van der Waals surface area (Å²) in [5.74, 6) is 2.63. The van der Waals surface area contributed by atoms with E-state index in [0.717, 1.165) is 37.2 Å². The number of rotatable bonds is 5. The van der Waals surface area contributed by atoms with Crippen LogP contribution < -0.4 is 9.47 Å². The fraction of sp³-hybridized carbons (Fsp3) is 0.760. The van der Waals surface area contributed by atoms with Gasteiger partial charge in [0.05, 0.1) is 19.8 Å². The fourth-order valence-corrected chi connectivity index (χ4v) is 6.95. The van der Waals surface area contributed by atoms with Gasteiger partial charge in [0.25, 0.3) is 0 Å². The van der Waals surface area contributed by atoms with Crippen LogP contribution in [0, 0.1) is 29.6 Å². The molecular formula is C25H40O3. The Hall–Kier alpha value is -1.22. The third-order valence-corrected chi connectivity index (χ3v) is 8.16. The van der Waals surface area contributed by atoms with Crippen molar-refractivity contribution in [3.8, 4) is 11.5 Å². The smallest absolute Gasteiger partial charge is 0.163 e. The van der Waals surface area contributed by atoms with Gasteiger partial charge >= 0.3 is 0 Å². The molecule has 3 rings (SSSR count). The van der Waals surface area contributed by atoms with Crippen LogP contribution in [0.5, 0.6) is 11.5 Å². The summed E-state index contributed by atoms with van der Waals surface area (Å²) in [6.07, 6.45) is 7.77. The van der Waals surface area contributed by atoms with E-state index in [1.165, 1.54) is 30.4 Å². The topological polar surface area (TPSA) is 38.7 Å². The molecule has 158 valence electrons. The molecule has 0 saturated heterocycles. The number of aryl methyl sites for hydroxylation is 2. The van der Waals surface area contributed by atoms with Gasteiger partial charge in [0.15, 0.2) is 11.5 Å². The summed E-state index contributed by atoms with van der Waals surface area (Å²) < 4.78 is 11.2. The van der Waals surface area contributed by atoms with E-state index < -0.39 is 5.60 Å². The average Bonchev–Trinajstić information content (AvgIpc) is 2.59. The molecule has 2 saturated carbocycles. The van der Waals surface area contributed by atoms with Crippen LogP contribution >= 0.6 is 0 Å². The third kappa shape index (κ3) is 3.67. The van der Waals surface area contributed by atoms with Crippen LogP contribution in [0.3, 0.4) is 0 Å². The molecule has 3 nitrogen and oxygen atoms in total. The first-order chi connectivity index (χ1) is 13.0. The minimum Gasteiger partial charge on any atom is -0.493 e. The molecular weight excluding hydrogens is 348 g/mol. The lowest BCUT2D eigenvalue weighted by Gasteiger charge is -2.61. The summed E-state index contributed by atoms with van der Waals surface area (Å²) in [5.41, 5.74) is 2.35. The minimum atomic E-state index is -0.597. The van der Waals surface area contributed by atoms with Crippen molar-refractivity contribution in [2.75, 3.05) is 14.2 Å². The number of hydrogen-bond donors (Lipinski definition) is 1. The van der Waals surface area contributed by atoms with E-state index in [2.05, 4.69) is 40.7 Å². The Morgan fingerprint density at radius 3 is 2.39 bits per heavy atom. The quantitative estimate of drug-likeness (QED) is 0.678. The maximum absolute atomic E-state index is 11.4. The molecule has 1 N–H and O–H groups in total. The second kappa shape index (κ2) is 7.55. The van der Waals surface area contributed by atoms with Gasteiger partial charge < -0.3 is 14.6 Å². The van der Waals surface area contributed by atoms with E-state index in [9.17, 15) is 5.11 Å². The van der Waals surface area contributed by atoms with Gasteiger partial charge in [0, 0.05) is 0 Å². The third-order valence-electron chi connectivity index (χ3n) is 8.16. The van der Waals surface area contributed by atoms with Crippen molar-refractivity contribution in [2.24, 2.45) is 22.7 Å². The molecule has 0 aliphatic heterocycles. The highest BCUT2D eigenvalue weighted by Crippen LogP contribution is 2.62. The molecule has 0 aromatic heterocycles. The second-order valence-corrected chi connectivity index (χ2v) is 10.5. The predicted molar refractivity (Wildman–Crippen MR) is 115 cm³/mol. The lowest BCUT2D eigenvalue weighted by molar-refractivity contribution is -0.168. The Balaban J connectivity index is 1.91. The number of ether oxygens (including phenoxy) is 2. The summed E-state index contributed by atoms with van der Waals surface area (Å²) in [4.78, 5) is 0. The zero-order chi connectivity index (χ0) is 20.7. The first kappa shape index (κ1) is 21.5. The molecule has 2 aliphatic carbocycles. The molecule has 3 heteroatoms. The molecule has 1 aromatic rings. The lowest BCUT2D eigenvalue weighted by atomic mass is 9.45. The molecule has 2 aliphatic rings. The van der Waals surface area contributed by atoms with Crippen LogP contribution in [-0.4, -0.2) is 24.9 Å². The molecule has 28 heavy (non-hydrogen) atoms. The van der Waals surface area contributed by atoms with Crippen LogP contribution in [-0.2, 0) is 6.42 Å². The van der Waals surface area contributed by atoms with Gasteiger partial charge in [-0.05, 0) is 92.2 Å². The monoisotopic (exact) mass is 388 g/mol. The van der Waals surface area contributed by atoms with Gasteiger partial charge in [0.2, 0.25) is 0 Å². The van der Waals surface area contributed by atoms with Crippen LogP contribution in [0.4, 0.5) is 0 Å². The summed E-state index contributed by atoms with van der Waals surface area (Å²) in [5, 5.41) is 11.4. The highest BCUT2D eigenvalue weighted by molar-refractivity contribution is 5.49. The zero-order valence-electron chi connectivity index (χ0n) is 19.0. The van der Waals surface area contributed by atoms with Gasteiger partial charge in [-0.1, -0.05) is 33.3 Å². The van der Waals surface area contributed by atoms with Crippen LogP contribution in [0.1, 0.15) is 77.3 Å². The molecule has 2 fully saturated rings. The summed E-state index contributed by atoms with van der Waals surface area (Å²) in [6.45, 7) is 11.5. The Kier molecular flexibility index (Phi) is 5.80. The van der Waals surface area contributed by atoms with Crippen LogP contribution in [0.2, 0.25) is 0 Å². The maximum atomic E-state index is 11.4. The van der Waals surface area contributed by atoms with E-state index in [0.29, 0.717) is 17.3 Å². The number of fused-ring (bicyclic) bond motifs is 1. The molecule has 4 atom stereocenters. The number of aliphatic hydroxyl groups is 1. The number of benzene rings is 1. The molecule has 1 aromatic carbocycles. The van der Waals surface area contributed by atoms with Crippen LogP contribution in [0.15, 0.2) is 12.1 Å². The summed E-state index contributed by atoms with van der Waals surface area (Å²) in [7, 11) is 3.41. The van der Waals surface area contributed by atoms with Crippen molar-refractivity contribution in [2.45, 2.75) is 85.2 Å². The van der Waals surface area contributed by atoms with E-state index in [1.807, 2.05) is 6.07 Å². The van der Waals surface area contributed by atoms with Crippen molar-refractivity contribution >= 4 is 0 Å². The SMILES string of the molecule is COc1cc(C)cc(CC[C@@H]2[C@@]3(C)CCCC(C)(C)C3CC[C@@]2(C)O)c1OC. The maximum Gasteiger partial charge on any atom is 0.163 e. The Morgan fingerprint density at radius 1 is 1.04 bits per heavy atom. The molecule has 0 spiro atoms. The van der Waals surface area contributed by atoms with Crippen molar-refractivity contribution in [3.63, 3.8) is 0 Å². The Labute approximate surface area is 171 Å². The van der Waals surface area contributed by atoms with E-state index >= 15 is 0 Å². The minimum absolute atomic E-state index is 0.199. The highest BCUT2D eigenvalue weighted by atomic mass is 16.5. The van der Waals surface area contributed by atoms with Crippen LogP contribution in [0.25, 0.3) is 0 Å². The first-order valence-corrected chi connectivity index (χ1v) is 11.0. The van der Waals surface area contributed by atoms with Gasteiger partial charge in [-0.2, -0.15) is 0 Å². The van der Waals surface area contributed by atoms with Gasteiger partial charge in [-0.3, -0.25) is 0 Å². The lowest BCUT2D eigenvalue weighted by Crippen LogP contribution is -2.57. The number of methoxy groups -OCH3 is 2. The molecule has 0 bridgehead atoms. The van der Waals surface area contributed by atoms with Crippen molar-refractivity contribution in [1.29, 1.82) is 0 Å². The van der Waals surface area contributed by atoms with E-state index in [-0.39, 0.29) is 5.41 Å². The van der Waals surface area contributed by atoms with E-state index in [1.54, 1.807) is 14.2 Å². The predicted octanol–water partition coefficient (Wildman–Crippen LogP) is 5.94. The van der Waals surface area contributed by atoms with Gasteiger partial charge in [0.1, 0.15) is 0 Å². The first-order valence-electron chi connectivity index (χ1n) is 11.0. The zero-order valence-corrected chi connectivity index (χ0v) is 19.0. The molecule has 0 radical (unpaired) electrons. The molecule has 1 unspecified atom stereocenters. The fourth-order valence-electron chi connectivity index (χ4n) is 6.95. The van der Waals surface area contributed by atoms with Crippen molar-refractivity contribution in [1.82, 2.24) is 0 Å². The largest absolute Gasteiger partial charge is 0.493 e. The van der Waals surface area contributed by atoms with Crippen molar-refractivity contribution in [3.05, 3.63) is 23.3 Å². The highest BCUT2D eigenvalue weighted by Gasteiger charge is 2.57. The Bertz CT molecular complexity index is 706. The normalized spacial score (nSPS) is 34.6. The number of hydrogen-bond acceptors (Lipinski definition) is 3. The van der Waals surface area contributed by atoms with E-state index in [4.69, 9.17) is 9.47 Å². The van der Waals surface area contributed by atoms with Crippen molar-refractivity contribution < 1.29 is 14.6 Å². The standard InChI is InChI=1S/C25H40O3/c1-17-15-18(22(28-7)19(16-17)27-6)9-10-21-24(4)13-8-12-23(2,3)20(24)11-14-25(21,5)26/h15-16,20-21,26H,8-14H2,1-7H3/t20?,21-,24+,25-/m1/s1. The summed E-state index contributed by atoms with van der Waals surface area (Å²) in [6, 6.07) is 4.24. The molecule has 0 amide bonds.